The molecule has 3 nitrogen and oxygen atoms in total. The molecule has 0 N–H and O–H groups in total. The van der Waals surface area contributed by atoms with Gasteiger partial charge in [0.1, 0.15) is 0 Å². The Morgan fingerprint density at radius 1 is 1.41 bits per heavy atom. The van der Waals surface area contributed by atoms with Gasteiger partial charge in [0.15, 0.2) is 0 Å². The molecule has 0 atom stereocenters. The number of amides is 1. The largest absolute Gasteiger partial charge is 0.275 e. The van der Waals surface area contributed by atoms with Gasteiger partial charge in [-0.15, -0.1) is 11.3 Å². The second-order valence-electron chi connectivity index (χ2n) is 5.10. The molecule has 0 fully saturated rings. The Balaban J connectivity index is 2.45. The Labute approximate surface area is 105 Å². The Kier molecular flexibility index (Phi) is 2.91. The lowest BCUT2D eigenvalue weighted by atomic mass is 9.85. The van der Waals surface area contributed by atoms with E-state index in [0.717, 1.165) is 10.6 Å². The molecular formula is C13H16N2OS. The molecule has 4 heteroatoms. The second kappa shape index (κ2) is 4.11. The monoisotopic (exact) mass is 248 g/mol. The van der Waals surface area contributed by atoms with Crippen LogP contribution in [0, 0.1) is 5.41 Å². The lowest BCUT2D eigenvalue weighted by Gasteiger charge is -2.17. The highest BCUT2D eigenvalue weighted by Gasteiger charge is 2.34. The van der Waals surface area contributed by atoms with Crippen LogP contribution in [0.5, 0.6) is 0 Å². The van der Waals surface area contributed by atoms with Crippen LogP contribution in [0.15, 0.2) is 28.2 Å². The molecule has 0 saturated heterocycles. The van der Waals surface area contributed by atoms with Gasteiger partial charge in [0.05, 0.1) is 11.3 Å². The first-order valence-electron chi connectivity index (χ1n) is 5.52. The van der Waals surface area contributed by atoms with Gasteiger partial charge in [-0.2, -0.15) is 5.10 Å². The molecule has 0 saturated carbocycles. The van der Waals surface area contributed by atoms with Crippen molar-refractivity contribution >= 4 is 29.0 Å². The van der Waals surface area contributed by atoms with Crippen molar-refractivity contribution in [2.75, 3.05) is 7.05 Å². The molecule has 0 radical (unpaired) electrons. The van der Waals surface area contributed by atoms with E-state index < -0.39 is 0 Å². The summed E-state index contributed by atoms with van der Waals surface area (Å²) in [5.74, 6) is -0.0247. The van der Waals surface area contributed by atoms with Crippen molar-refractivity contribution in [2.24, 2.45) is 10.5 Å². The van der Waals surface area contributed by atoms with Crippen LogP contribution in [0.3, 0.4) is 0 Å². The first-order chi connectivity index (χ1) is 7.89. The normalized spacial score (nSPS) is 19.1. The molecule has 0 aromatic carbocycles. The molecule has 0 unspecified atom stereocenters. The van der Waals surface area contributed by atoms with Crippen LogP contribution in [-0.2, 0) is 4.79 Å². The number of hydrogen-bond donors (Lipinski definition) is 0. The first kappa shape index (κ1) is 12.0. The van der Waals surface area contributed by atoms with Gasteiger partial charge in [0.2, 0.25) is 0 Å². The zero-order chi connectivity index (χ0) is 12.6. The molecule has 1 aromatic rings. The zero-order valence-corrected chi connectivity index (χ0v) is 11.3. The summed E-state index contributed by atoms with van der Waals surface area (Å²) in [5, 5.41) is 7.76. The molecule has 2 heterocycles. The van der Waals surface area contributed by atoms with E-state index in [0.29, 0.717) is 5.57 Å². The van der Waals surface area contributed by atoms with Gasteiger partial charge in [-0.3, -0.25) is 4.79 Å². The molecule has 1 aromatic heterocycles. The summed E-state index contributed by atoms with van der Waals surface area (Å²) in [5.41, 5.74) is 1.45. The standard InChI is InChI=1S/C13H16N2OS/c1-13(2,3)11-10(12(16)15(4)14-11)8-9-6-5-7-17-9/h5-8H,1-4H3. The molecule has 1 aliphatic heterocycles. The number of carbonyl (C=O) groups excluding carboxylic acids is 1. The Hall–Kier alpha value is -1.42. The maximum absolute atomic E-state index is 12.0. The van der Waals surface area contributed by atoms with E-state index in [1.165, 1.54) is 5.01 Å². The fourth-order valence-electron chi connectivity index (χ4n) is 1.72. The molecular weight excluding hydrogens is 232 g/mol. The summed E-state index contributed by atoms with van der Waals surface area (Å²) in [7, 11) is 1.70. The van der Waals surface area contributed by atoms with Crippen molar-refractivity contribution < 1.29 is 4.79 Å². The van der Waals surface area contributed by atoms with Gasteiger partial charge in [-0.25, -0.2) is 5.01 Å². The molecule has 1 aliphatic rings. The number of likely N-dealkylation sites (N-methyl/N-ethyl adjacent to an activating group) is 1. The van der Waals surface area contributed by atoms with Gasteiger partial charge < -0.3 is 0 Å². The van der Waals surface area contributed by atoms with Crippen LogP contribution >= 0.6 is 11.3 Å². The quantitative estimate of drug-likeness (QED) is 0.703. The van der Waals surface area contributed by atoms with E-state index >= 15 is 0 Å². The summed E-state index contributed by atoms with van der Waals surface area (Å²) >= 11 is 1.62. The average Bonchev–Trinajstić information content (AvgIpc) is 2.80. The lowest BCUT2D eigenvalue weighted by molar-refractivity contribution is -0.124. The molecule has 0 aliphatic carbocycles. The van der Waals surface area contributed by atoms with Crippen LogP contribution in [0.4, 0.5) is 0 Å². The van der Waals surface area contributed by atoms with Crippen molar-refractivity contribution in [1.82, 2.24) is 5.01 Å². The number of rotatable bonds is 1. The third kappa shape index (κ3) is 2.31. The summed E-state index contributed by atoms with van der Waals surface area (Å²) in [6.07, 6.45) is 1.93. The SMILES string of the molecule is CN1N=C(C(C)(C)C)C(=Cc2cccs2)C1=O. The minimum atomic E-state index is -0.122. The van der Waals surface area contributed by atoms with E-state index in [2.05, 4.69) is 25.9 Å². The van der Waals surface area contributed by atoms with Gasteiger partial charge >= 0.3 is 0 Å². The Morgan fingerprint density at radius 2 is 2.12 bits per heavy atom. The Bertz CT molecular complexity index is 492. The minimum absolute atomic E-state index is 0.0247. The summed E-state index contributed by atoms with van der Waals surface area (Å²) < 4.78 is 0. The maximum atomic E-state index is 12.0. The summed E-state index contributed by atoms with van der Waals surface area (Å²) in [6, 6.07) is 3.98. The predicted molar refractivity (Wildman–Crippen MR) is 72.0 cm³/mol. The first-order valence-corrected chi connectivity index (χ1v) is 6.40. The molecule has 90 valence electrons. The molecule has 2 rings (SSSR count). The number of nitrogens with zero attached hydrogens (tertiary/aromatic N) is 2. The zero-order valence-electron chi connectivity index (χ0n) is 10.5. The topological polar surface area (TPSA) is 32.7 Å². The van der Waals surface area contributed by atoms with Gasteiger partial charge in [0.25, 0.3) is 5.91 Å². The summed E-state index contributed by atoms with van der Waals surface area (Å²) in [4.78, 5) is 13.1. The van der Waals surface area contributed by atoms with E-state index in [1.54, 1.807) is 18.4 Å². The molecule has 0 spiro atoms. The number of thiophene rings is 1. The number of carbonyl (C=O) groups is 1. The van der Waals surface area contributed by atoms with Gasteiger partial charge in [-0.1, -0.05) is 26.8 Å². The average molecular weight is 248 g/mol. The van der Waals surface area contributed by atoms with Crippen LogP contribution in [0.1, 0.15) is 25.6 Å². The van der Waals surface area contributed by atoms with Crippen LogP contribution < -0.4 is 0 Å². The molecule has 17 heavy (non-hydrogen) atoms. The van der Waals surface area contributed by atoms with E-state index in [1.807, 2.05) is 23.6 Å². The number of hydrogen-bond acceptors (Lipinski definition) is 3. The van der Waals surface area contributed by atoms with E-state index in [4.69, 9.17) is 0 Å². The highest BCUT2D eigenvalue weighted by molar-refractivity contribution is 7.10. The highest BCUT2D eigenvalue weighted by atomic mass is 32.1. The van der Waals surface area contributed by atoms with E-state index in [9.17, 15) is 4.79 Å². The Morgan fingerprint density at radius 3 is 2.65 bits per heavy atom. The van der Waals surface area contributed by atoms with Crippen molar-refractivity contribution in [2.45, 2.75) is 20.8 Å². The van der Waals surface area contributed by atoms with Crippen molar-refractivity contribution in [3.05, 3.63) is 28.0 Å². The van der Waals surface area contributed by atoms with Gasteiger partial charge in [0, 0.05) is 17.3 Å². The molecule has 1 amide bonds. The third-order valence-corrected chi connectivity index (χ3v) is 3.39. The van der Waals surface area contributed by atoms with Crippen molar-refractivity contribution in [1.29, 1.82) is 0 Å². The summed E-state index contributed by atoms with van der Waals surface area (Å²) in [6.45, 7) is 6.21. The fourth-order valence-corrected chi connectivity index (χ4v) is 2.38. The number of hydrazone groups is 1. The minimum Gasteiger partial charge on any atom is -0.267 e. The molecule has 0 bridgehead atoms. The maximum Gasteiger partial charge on any atom is 0.275 e. The highest BCUT2D eigenvalue weighted by Crippen LogP contribution is 2.29. The third-order valence-electron chi connectivity index (χ3n) is 2.57. The smallest absolute Gasteiger partial charge is 0.267 e. The fraction of sp³-hybridized carbons (Fsp3) is 0.385. The lowest BCUT2D eigenvalue weighted by Crippen LogP contribution is -2.22. The van der Waals surface area contributed by atoms with Crippen molar-refractivity contribution in [3.63, 3.8) is 0 Å². The predicted octanol–water partition coefficient (Wildman–Crippen LogP) is 3.01. The van der Waals surface area contributed by atoms with Crippen molar-refractivity contribution in [3.8, 4) is 0 Å². The van der Waals surface area contributed by atoms with E-state index in [-0.39, 0.29) is 11.3 Å². The van der Waals surface area contributed by atoms with Gasteiger partial charge in [-0.05, 0) is 17.5 Å². The van der Waals surface area contributed by atoms with Crippen LogP contribution in [-0.4, -0.2) is 23.7 Å². The van der Waals surface area contributed by atoms with Crippen LogP contribution in [0.2, 0.25) is 0 Å². The van der Waals surface area contributed by atoms with Crippen LogP contribution in [0.25, 0.3) is 6.08 Å². The second-order valence-corrected chi connectivity index (χ2v) is 6.08.